The first-order valence-corrected chi connectivity index (χ1v) is 8.21. The zero-order chi connectivity index (χ0) is 16.5. The molecule has 1 N–H and O–H groups in total. The molecule has 0 radical (unpaired) electrons. The number of aromatic nitrogens is 2. The van der Waals surface area contributed by atoms with Crippen molar-refractivity contribution in [1.29, 1.82) is 0 Å². The van der Waals surface area contributed by atoms with Gasteiger partial charge in [0, 0.05) is 24.3 Å². The zero-order valence-electron chi connectivity index (χ0n) is 13.5. The first kappa shape index (κ1) is 14.8. The van der Waals surface area contributed by atoms with Gasteiger partial charge in [-0.1, -0.05) is 18.2 Å². The maximum absolute atomic E-state index is 12.5. The van der Waals surface area contributed by atoms with Gasteiger partial charge in [-0.05, 0) is 37.1 Å². The number of amides is 1. The summed E-state index contributed by atoms with van der Waals surface area (Å²) in [5.41, 5.74) is 2.61. The van der Waals surface area contributed by atoms with Crippen molar-refractivity contribution in [2.24, 2.45) is 0 Å². The number of aryl methyl sites for hydroxylation is 1. The number of para-hydroxylation sites is 1. The van der Waals surface area contributed by atoms with Crippen LogP contribution in [0.3, 0.4) is 0 Å². The highest BCUT2D eigenvalue weighted by Gasteiger charge is 2.21. The first-order valence-electron chi connectivity index (χ1n) is 8.21. The van der Waals surface area contributed by atoms with E-state index in [2.05, 4.69) is 21.8 Å². The van der Waals surface area contributed by atoms with E-state index in [-0.39, 0.29) is 11.9 Å². The van der Waals surface area contributed by atoms with Crippen molar-refractivity contribution < 1.29 is 9.53 Å². The summed E-state index contributed by atoms with van der Waals surface area (Å²) in [5.74, 6) is 0.800. The summed E-state index contributed by atoms with van der Waals surface area (Å²) in [4.78, 5) is 17.0. The summed E-state index contributed by atoms with van der Waals surface area (Å²) in [6, 6.07) is 11.8. The van der Waals surface area contributed by atoms with Crippen molar-refractivity contribution >= 4 is 16.9 Å². The van der Waals surface area contributed by atoms with E-state index in [0.717, 1.165) is 35.3 Å². The van der Waals surface area contributed by atoms with E-state index in [1.165, 1.54) is 0 Å². The molecule has 2 aromatic heterocycles. The van der Waals surface area contributed by atoms with Gasteiger partial charge in [-0.2, -0.15) is 0 Å². The second-order valence-electron chi connectivity index (χ2n) is 6.03. The predicted molar refractivity (Wildman–Crippen MR) is 92.3 cm³/mol. The fraction of sp³-hybridized carbons (Fsp3) is 0.263. The van der Waals surface area contributed by atoms with Crippen LogP contribution in [0.4, 0.5) is 0 Å². The van der Waals surface area contributed by atoms with Crippen LogP contribution in [-0.2, 0) is 13.0 Å². The molecule has 1 aromatic carbocycles. The quantitative estimate of drug-likeness (QED) is 0.807. The molecule has 5 nitrogen and oxygen atoms in total. The highest BCUT2D eigenvalue weighted by molar-refractivity contribution is 5.97. The molecule has 24 heavy (non-hydrogen) atoms. The van der Waals surface area contributed by atoms with Crippen molar-refractivity contribution in [2.45, 2.75) is 25.9 Å². The number of fused-ring (bicyclic) bond motifs is 2. The molecule has 0 saturated carbocycles. The van der Waals surface area contributed by atoms with Crippen molar-refractivity contribution in [3.63, 3.8) is 0 Å². The van der Waals surface area contributed by atoms with Gasteiger partial charge in [0.15, 0.2) is 0 Å². The minimum atomic E-state index is -0.110. The van der Waals surface area contributed by atoms with Gasteiger partial charge in [0.05, 0.1) is 11.6 Å². The molecule has 3 heterocycles. The lowest BCUT2D eigenvalue weighted by Crippen LogP contribution is -2.42. The number of ether oxygens (including phenoxy) is 1. The number of benzene rings is 1. The predicted octanol–water partition coefficient (Wildman–Crippen LogP) is 2.79. The third kappa shape index (κ3) is 2.62. The van der Waals surface area contributed by atoms with E-state index in [9.17, 15) is 4.79 Å². The summed E-state index contributed by atoms with van der Waals surface area (Å²) in [6.45, 7) is 3.42. The molecule has 0 saturated heterocycles. The highest BCUT2D eigenvalue weighted by Crippen LogP contribution is 2.24. The summed E-state index contributed by atoms with van der Waals surface area (Å²) in [5, 5.41) is 4.03. The van der Waals surface area contributed by atoms with E-state index in [0.29, 0.717) is 12.2 Å². The molecule has 0 aliphatic carbocycles. The maximum Gasteiger partial charge on any atom is 0.253 e. The molecular formula is C19H19N3O2. The van der Waals surface area contributed by atoms with Gasteiger partial charge in [0.2, 0.25) is 0 Å². The van der Waals surface area contributed by atoms with Crippen molar-refractivity contribution in [3.8, 4) is 5.75 Å². The van der Waals surface area contributed by atoms with Crippen LogP contribution in [0.5, 0.6) is 5.75 Å². The molecule has 1 aliphatic rings. The number of carbonyl (C=O) groups is 1. The van der Waals surface area contributed by atoms with Crippen LogP contribution in [0.2, 0.25) is 0 Å². The highest BCUT2D eigenvalue weighted by atomic mass is 16.5. The average molecular weight is 321 g/mol. The van der Waals surface area contributed by atoms with Crippen molar-refractivity contribution in [2.75, 3.05) is 6.61 Å². The minimum Gasteiger partial charge on any atom is -0.491 e. The molecule has 5 heteroatoms. The van der Waals surface area contributed by atoms with Crippen LogP contribution in [-0.4, -0.2) is 28.1 Å². The van der Waals surface area contributed by atoms with Gasteiger partial charge < -0.3 is 14.6 Å². The Morgan fingerprint density at radius 2 is 2.25 bits per heavy atom. The fourth-order valence-electron chi connectivity index (χ4n) is 3.15. The molecule has 0 fully saturated rings. The molecule has 3 aromatic rings. The number of pyridine rings is 1. The van der Waals surface area contributed by atoms with Gasteiger partial charge in [0.25, 0.3) is 5.91 Å². The minimum absolute atomic E-state index is 0.0247. The number of rotatable bonds is 3. The Morgan fingerprint density at radius 3 is 3.12 bits per heavy atom. The van der Waals surface area contributed by atoms with Crippen LogP contribution in [0.25, 0.3) is 11.0 Å². The monoisotopic (exact) mass is 321 g/mol. The van der Waals surface area contributed by atoms with Crippen LogP contribution in [0, 0.1) is 0 Å². The normalized spacial score (nSPS) is 16.5. The van der Waals surface area contributed by atoms with Crippen LogP contribution >= 0.6 is 0 Å². The Bertz CT molecular complexity index is 901. The Morgan fingerprint density at radius 1 is 1.38 bits per heavy atom. The number of nitrogens with one attached hydrogen (secondary N) is 1. The van der Waals surface area contributed by atoms with E-state index < -0.39 is 0 Å². The van der Waals surface area contributed by atoms with Crippen molar-refractivity contribution in [1.82, 2.24) is 14.9 Å². The smallest absolute Gasteiger partial charge is 0.253 e. The Balaban J connectivity index is 1.50. The Labute approximate surface area is 140 Å². The van der Waals surface area contributed by atoms with E-state index in [1.54, 1.807) is 6.20 Å². The fourth-order valence-corrected chi connectivity index (χ4v) is 3.15. The lowest BCUT2D eigenvalue weighted by atomic mass is 10.0. The zero-order valence-corrected chi connectivity index (χ0v) is 13.5. The molecule has 1 amide bonds. The lowest BCUT2D eigenvalue weighted by molar-refractivity contribution is 0.0915. The topological polar surface area (TPSA) is 56.2 Å². The second-order valence-corrected chi connectivity index (χ2v) is 6.03. The Kier molecular flexibility index (Phi) is 3.69. The van der Waals surface area contributed by atoms with Crippen LogP contribution in [0.15, 0.2) is 48.8 Å². The molecule has 0 bridgehead atoms. The summed E-state index contributed by atoms with van der Waals surface area (Å²) < 4.78 is 7.79. The molecule has 1 atom stereocenters. The summed E-state index contributed by atoms with van der Waals surface area (Å²) in [6.07, 6.45) is 4.41. The number of hydrogen-bond donors (Lipinski definition) is 1. The van der Waals surface area contributed by atoms with Gasteiger partial charge >= 0.3 is 0 Å². The van der Waals surface area contributed by atoms with Crippen molar-refractivity contribution in [3.05, 3.63) is 59.9 Å². The number of hydrogen-bond acceptors (Lipinski definition) is 3. The van der Waals surface area contributed by atoms with E-state index >= 15 is 0 Å². The first-order chi connectivity index (χ1) is 11.7. The Hall–Kier alpha value is -2.82. The van der Waals surface area contributed by atoms with Gasteiger partial charge in [0.1, 0.15) is 18.0 Å². The van der Waals surface area contributed by atoms with Crippen LogP contribution in [0.1, 0.15) is 22.8 Å². The van der Waals surface area contributed by atoms with Gasteiger partial charge in [-0.25, -0.2) is 4.98 Å². The molecule has 0 spiro atoms. The molecule has 1 aliphatic heterocycles. The molecule has 0 unspecified atom stereocenters. The lowest BCUT2D eigenvalue weighted by Gasteiger charge is -2.26. The maximum atomic E-state index is 12.5. The molecule has 4 rings (SSSR count). The molecular weight excluding hydrogens is 302 g/mol. The van der Waals surface area contributed by atoms with Gasteiger partial charge in [-0.15, -0.1) is 0 Å². The number of carbonyl (C=O) groups excluding carboxylic acids is 1. The molecule has 122 valence electrons. The average Bonchev–Trinajstić information content (AvgIpc) is 3.04. The van der Waals surface area contributed by atoms with E-state index in [4.69, 9.17) is 4.74 Å². The number of nitrogens with zero attached hydrogens (tertiary/aromatic N) is 2. The second kappa shape index (κ2) is 6.00. The third-order valence-corrected chi connectivity index (χ3v) is 4.42. The standard InChI is InChI=1S/C19H19N3O2/c1-2-22-8-7-14-9-15(11-20-18(14)22)19(23)21-16-10-13-5-3-4-6-17(13)24-12-16/h3-9,11,16H,2,10,12H2,1H3,(H,21,23)/t16-/m1/s1. The van der Waals surface area contributed by atoms with E-state index in [1.807, 2.05) is 42.6 Å². The van der Waals surface area contributed by atoms with Crippen LogP contribution < -0.4 is 10.1 Å². The third-order valence-electron chi connectivity index (χ3n) is 4.42. The largest absolute Gasteiger partial charge is 0.491 e. The SMILES string of the molecule is CCn1ccc2cc(C(=O)N[C@H]3COc4ccccc4C3)cnc21. The van der Waals surface area contributed by atoms with Gasteiger partial charge in [-0.3, -0.25) is 4.79 Å². The summed E-state index contributed by atoms with van der Waals surface area (Å²) in [7, 11) is 0. The summed E-state index contributed by atoms with van der Waals surface area (Å²) >= 11 is 0.